The highest BCUT2D eigenvalue weighted by molar-refractivity contribution is 6.07. The first kappa shape index (κ1) is 11.1. The van der Waals surface area contributed by atoms with Crippen LogP contribution in [0.2, 0.25) is 0 Å². The fourth-order valence-corrected chi connectivity index (χ4v) is 2.22. The standard InChI is InChI=1S/C15H14N2O/c18-15(14-8-9-16-10-17-14)13-6-4-12(5-7-13)11-2-1-3-11/h4-11H,1-3H2. The summed E-state index contributed by atoms with van der Waals surface area (Å²) in [7, 11) is 0. The molecule has 1 saturated carbocycles. The number of hydrogen-bond donors (Lipinski definition) is 0. The summed E-state index contributed by atoms with van der Waals surface area (Å²) < 4.78 is 0. The van der Waals surface area contributed by atoms with Gasteiger partial charge in [0.2, 0.25) is 5.78 Å². The Morgan fingerprint density at radius 2 is 1.89 bits per heavy atom. The lowest BCUT2D eigenvalue weighted by molar-refractivity contribution is 0.103. The molecule has 1 aromatic carbocycles. The van der Waals surface area contributed by atoms with E-state index in [-0.39, 0.29) is 5.78 Å². The average molecular weight is 238 g/mol. The van der Waals surface area contributed by atoms with Crippen molar-refractivity contribution in [3.05, 3.63) is 59.7 Å². The van der Waals surface area contributed by atoms with Crippen LogP contribution in [0.3, 0.4) is 0 Å². The van der Waals surface area contributed by atoms with Gasteiger partial charge in [0, 0.05) is 11.8 Å². The molecule has 3 heteroatoms. The van der Waals surface area contributed by atoms with E-state index in [9.17, 15) is 4.79 Å². The molecule has 0 bridgehead atoms. The molecule has 1 aliphatic rings. The third-order valence-corrected chi connectivity index (χ3v) is 3.56. The first-order chi connectivity index (χ1) is 8.84. The highest BCUT2D eigenvalue weighted by Gasteiger charge is 2.19. The van der Waals surface area contributed by atoms with Gasteiger partial charge in [0.1, 0.15) is 12.0 Å². The quantitative estimate of drug-likeness (QED) is 0.772. The highest BCUT2D eigenvalue weighted by Crippen LogP contribution is 2.36. The summed E-state index contributed by atoms with van der Waals surface area (Å²) >= 11 is 0. The molecular weight excluding hydrogens is 224 g/mol. The van der Waals surface area contributed by atoms with Gasteiger partial charge in [-0.2, -0.15) is 0 Å². The van der Waals surface area contributed by atoms with Gasteiger partial charge < -0.3 is 0 Å². The number of nitrogens with zero attached hydrogens (tertiary/aromatic N) is 2. The number of hydrogen-bond acceptors (Lipinski definition) is 3. The van der Waals surface area contributed by atoms with Crippen molar-refractivity contribution in [1.29, 1.82) is 0 Å². The Balaban J connectivity index is 1.82. The largest absolute Gasteiger partial charge is 0.287 e. The van der Waals surface area contributed by atoms with Gasteiger partial charge in [-0.15, -0.1) is 0 Å². The van der Waals surface area contributed by atoms with E-state index in [0.717, 1.165) is 0 Å². The Kier molecular flexibility index (Phi) is 2.89. The molecule has 3 rings (SSSR count). The summed E-state index contributed by atoms with van der Waals surface area (Å²) in [6, 6.07) is 9.58. The molecule has 1 aliphatic carbocycles. The van der Waals surface area contributed by atoms with Crippen LogP contribution in [0.15, 0.2) is 42.9 Å². The number of ketones is 1. The zero-order valence-electron chi connectivity index (χ0n) is 10.0. The van der Waals surface area contributed by atoms with E-state index >= 15 is 0 Å². The van der Waals surface area contributed by atoms with Crippen molar-refractivity contribution in [1.82, 2.24) is 9.97 Å². The fourth-order valence-electron chi connectivity index (χ4n) is 2.22. The number of benzene rings is 1. The van der Waals surface area contributed by atoms with Crippen LogP contribution in [-0.2, 0) is 0 Å². The lowest BCUT2D eigenvalue weighted by Crippen LogP contribution is -2.09. The molecule has 90 valence electrons. The Bertz CT molecular complexity index is 544. The number of aromatic nitrogens is 2. The van der Waals surface area contributed by atoms with Crippen LogP contribution in [0.25, 0.3) is 0 Å². The van der Waals surface area contributed by atoms with Crippen molar-refractivity contribution in [3.8, 4) is 0 Å². The molecule has 1 heterocycles. The van der Waals surface area contributed by atoms with Crippen LogP contribution < -0.4 is 0 Å². The zero-order chi connectivity index (χ0) is 12.4. The Morgan fingerprint density at radius 3 is 2.44 bits per heavy atom. The van der Waals surface area contributed by atoms with E-state index in [2.05, 4.69) is 22.1 Å². The monoisotopic (exact) mass is 238 g/mol. The van der Waals surface area contributed by atoms with Crippen LogP contribution >= 0.6 is 0 Å². The van der Waals surface area contributed by atoms with Crippen molar-refractivity contribution >= 4 is 5.78 Å². The van der Waals surface area contributed by atoms with Crippen LogP contribution in [0.1, 0.15) is 46.8 Å². The van der Waals surface area contributed by atoms with Crippen LogP contribution in [0.5, 0.6) is 0 Å². The van der Waals surface area contributed by atoms with Gasteiger partial charge in [-0.1, -0.05) is 30.7 Å². The minimum atomic E-state index is -0.0439. The molecule has 1 fully saturated rings. The molecule has 0 saturated heterocycles. The molecule has 0 amide bonds. The van der Waals surface area contributed by atoms with Gasteiger partial charge in [-0.3, -0.25) is 4.79 Å². The van der Waals surface area contributed by atoms with Gasteiger partial charge in [-0.05, 0) is 30.4 Å². The Labute approximate surface area is 106 Å². The summed E-state index contributed by atoms with van der Waals surface area (Å²) in [6.45, 7) is 0. The maximum absolute atomic E-state index is 12.1. The van der Waals surface area contributed by atoms with Gasteiger partial charge in [0.15, 0.2) is 0 Å². The van der Waals surface area contributed by atoms with E-state index in [1.165, 1.54) is 31.2 Å². The molecule has 0 atom stereocenters. The van der Waals surface area contributed by atoms with Gasteiger partial charge in [-0.25, -0.2) is 9.97 Å². The summed E-state index contributed by atoms with van der Waals surface area (Å²) in [4.78, 5) is 19.9. The molecule has 1 aromatic heterocycles. The van der Waals surface area contributed by atoms with Crippen molar-refractivity contribution in [2.24, 2.45) is 0 Å². The van der Waals surface area contributed by atoms with Crippen molar-refractivity contribution in [2.75, 3.05) is 0 Å². The first-order valence-electron chi connectivity index (χ1n) is 6.25. The van der Waals surface area contributed by atoms with Gasteiger partial charge in [0.05, 0.1) is 0 Å². The van der Waals surface area contributed by atoms with E-state index < -0.39 is 0 Å². The lowest BCUT2D eigenvalue weighted by atomic mass is 9.80. The van der Waals surface area contributed by atoms with Crippen molar-refractivity contribution in [3.63, 3.8) is 0 Å². The smallest absolute Gasteiger partial charge is 0.211 e. The normalized spacial score (nSPS) is 15.1. The highest BCUT2D eigenvalue weighted by atomic mass is 16.1. The maximum atomic E-state index is 12.1. The fraction of sp³-hybridized carbons (Fsp3) is 0.267. The van der Waals surface area contributed by atoms with Crippen LogP contribution in [-0.4, -0.2) is 15.8 Å². The molecule has 18 heavy (non-hydrogen) atoms. The zero-order valence-corrected chi connectivity index (χ0v) is 10.0. The summed E-state index contributed by atoms with van der Waals surface area (Å²) in [6.07, 6.45) is 6.86. The Hall–Kier alpha value is -2.03. The number of rotatable bonds is 3. The average Bonchev–Trinajstić information content (AvgIpc) is 2.38. The predicted molar refractivity (Wildman–Crippen MR) is 68.5 cm³/mol. The molecule has 0 unspecified atom stereocenters. The SMILES string of the molecule is O=C(c1ccc(C2CCC2)cc1)c1ccncn1. The predicted octanol–water partition coefficient (Wildman–Crippen LogP) is 2.98. The van der Waals surface area contributed by atoms with E-state index in [1.807, 2.05) is 12.1 Å². The topological polar surface area (TPSA) is 42.9 Å². The Morgan fingerprint density at radius 1 is 1.11 bits per heavy atom. The molecule has 2 aromatic rings. The maximum Gasteiger partial charge on any atom is 0.211 e. The van der Waals surface area contributed by atoms with Crippen molar-refractivity contribution in [2.45, 2.75) is 25.2 Å². The minimum Gasteiger partial charge on any atom is -0.287 e. The second-order valence-electron chi connectivity index (χ2n) is 4.67. The summed E-state index contributed by atoms with van der Waals surface area (Å²) in [5.74, 6) is 0.658. The minimum absolute atomic E-state index is 0.0439. The molecule has 0 radical (unpaired) electrons. The molecule has 0 spiro atoms. The van der Waals surface area contributed by atoms with Crippen LogP contribution in [0.4, 0.5) is 0 Å². The molecule has 0 aliphatic heterocycles. The van der Waals surface area contributed by atoms with E-state index in [4.69, 9.17) is 0 Å². The second kappa shape index (κ2) is 4.69. The lowest BCUT2D eigenvalue weighted by Gasteiger charge is -2.25. The third-order valence-electron chi connectivity index (χ3n) is 3.56. The van der Waals surface area contributed by atoms with Gasteiger partial charge >= 0.3 is 0 Å². The number of carbonyl (C=O) groups excluding carboxylic acids is 1. The third kappa shape index (κ3) is 2.04. The van der Waals surface area contributed by atoms with E-state index in [0.29, 0.717) is 17.2 Å². The second-order valence-corrected chi connectivity index (χ2v) is 4.67. The van der Waals surface area contributed by atoms with E-state index in [1.54, 1.807) is 12.3 Å². The molecule has 3 nitrogen and oxygen atoms in total. The van der Waals surface area contributed by atoms with Crippen LogP contribution in [0, 0.1) is 0 Å². The first-order valence-corrected chi connectivity index (χ1v) is 6.25. The molecular formula is C15H14N2O. The van der Waals surface area contributed by atoms with Gasteiger partial charge in [0.25, 0.3) is 0 Å². The summed E-state index contributed by atoms with van der Waals surface area (Å²) in [5, 5.41) is 0. The number of carbonyl (C=O) groups is 1. The van der Waals surface area contributed by atoms with Crippen molar-refractivity contribution < 1.29 is 4.79 Å². The molecule has 0 N–H and O–H groups in total. The summed E-state index contributed by atoms with van der Waals surface area (Å²) in [5.41, 5.74) is 2.48.